The average Bonchev–Trinajstić information content (AvgIpc) is 3.18. The van der Waals surface area contributed by atoms with E-state index in [2.05, 4.69) is 60.6 Å². The molecule has 1 aromatic carbocycles. The molecule has 3 atom stereocenters. The standard InChI is InChI=1S/C24H38N4O3/c1-5-25-23(28-15-18(2)21(16-28)22(29)30-4)26-17-24(11-13-31-14-12-24)27-19(3)20-9-7-6-8-10-20/h6-10,18-19,21,27H,5,11-17H2,1-4H3,(H,25,26). The van der Waals surface area contributed by atoms with Gasteiger partial charge >= 0.3 is 5.97 Å². The molecular weight excluding hydrogens is 392 g/mol. The van der Waals surface area contributed by atoms with Crippen LogP contribution in [0.15, 0.2) is 35.3 Å². The molecule has 0 aliphatic carbocycles. The Kier molecular flexibility index (Phi) is 8.32. The highest BCUT2D eigenvalue weighted by Gasteiger charge is 2.38. The number of esters is 1. The lowest BCUT2D eigenvalue weighted by molar-refractivity contribution is -0.145. The van der Waals surface area contributed by atoms with E-state index in [4.69, 9.17) is 14.5 Å². The molecule has 0 aromatic heterocycles. The molecule has 1 aromatic rings. The van der Waals surface area contributed by atoms with Gasteiger partial charge in [-0.2, -0.15) is 0 Å². The molecule has 0 spiro atoms. The number of nitrogens with one attached hydrogen (secondary N) is 2. The number of carbonyl (C=O) groups is 1. The molecule has 0 amide bonds. The topological polar surface area (TPSA) is 75.2 Å². The average molecular weight is 431 g/mol. The number of guanidine groups is 1. The maximum absolute atomic E-state index is 12.1. The molecule has 2 aliphatic heterocycles. The zero-order valence-corrected chi connectivity index (χ0v) is 19.4. The van der Waals surface area contributed by atoms with Crippen molar-refractivity contribution in [3.8, 4) is 0 Å². The lowest BCUT2D eigenvalue weighted by Crippen LogP contribution is -2.53. The normalized spacial score (nSPS) is 24.6. The Hall–Kier alpha value is -2.12. The number of aliphatic imine (C=N–C) groups is 1. The van der Waals surface area contributed by atoms with Crippen molar-refractivity contribution in [3.05, 3.63) is 35.9 Å². The van der Waals surface area contributed by atoms with E-state index in [9.17, 15) is 4.79 Å². The molecule has 172 valence electrons. The Morgan fingerprint density at radius 3 is 2.65 bits per heavy atom. The minimum absolute atomic E-state index is 0.109. The third-order valence-electron chi connectivity index (χ3n) is 6.55. The SMILES string of the molecule is CCNC(=NCC1(NC(C)c2ccccc2)CCOCC1)N1CC(C)C(C(=O)OC)C1. The molecule has 0 radical (unpaired) electrons. The summed E-state index contributed by atoms with van der Waals surface area (Å²) in [6.45, 7) is 10.8. The molecule has 2 aliphatic rings. The first-order valence-electron chi connectivity index (χ1n) is 11.5. The molecule has 7 heteroatoms. The van der Waals surface area contributed by atoms with Crippen LogP contribution in [0.1, 0.15) is 45.2 Å². The Balaban J connectivity index is 1.75. The number of hydrogen-bond donors (Lipinski definition) is 2. The smallest absolute Gasteiger partial charge is 0.310 e. The monoisotopic (exact) mass is 430 g/mol. The van der Waals surface area contributed by atoms with Crippen LogP contribution in [0.3, 0.4) is 0 Å². The van der Waals surface area contributed by atoms with Gasteiger partial charge in [0, 0.05) is 44.4 Å². The van der Waals surface area contributed by atoms with E-state index in [1.165, 1.54) is 12.7 Å². The third-order valence-corrected chi connectivity index (χ3v) is 6.55. The fourth-order valence-corrected chi connectivity index (χ4v) is 4.64. The number of carbonyl (C=O) groups excluding carboxylic acids is 1. The molecule has 0 bridgehead atoms. The van der Waals surface area contributed by atoms with E-state index in [0.29, 0.717) is 13.1 Å². The number of nitrogens with zero attached hydrogens (tertiary/aromatic N) is 2. The maximum Gasteiger partial charge on any atom is 0.310 e. The minimum atomic E-state index is -0.134. The first-order valence-corrected chi connectivity index (χ1v) is 11.5. The van der Waals surface area contributed by atoms with Crippen LogP contribution in [0, 0.1) is 11.8 Å². The fourth-order valence-electron chi connectivity index (χ4n) is 4.64. The van der Waals surface area contributed by atoms with Gasteiger partial charge in [-0.3, -0.25) is 9.79 Å². The van der Waals surface area contributed by atoms with E-state index >= 15 is 0 Å². The molecular formula is C24H38N4O3. The fraction of sp³-hybridized carbons (Fsp3) is 0.667. The van der Waals surface area contributed by atoms with Gasteiger partial charge in [0.2, 0.25) is 0 Å². The molecule has 7 nitrogen and oxygen atoms in total. The lowest BCUT2D eigenvalue weighted by Gasteiger charge is -2.40. The van der Waals surface area contributed by atoms with Crippen LogP contribution in [-0.4, -0.2) is 68.9 Å². The summed E-state index contributed by atoms with van der Waals surface area (Å²) in [6.07, 6.45) is 1.85. The predicted molar refractivity (Wildman–Crippen MR) is 123 cm³/mol. The maximum atomic E-state index is 12.1. The van der Waals surface area contributed by atoms with Gasteiger partial charge in [0.05, 0.1) is 19.6 Å². The summed E-state index contributed by atoms with van der Waals surface area (Å²) in [5.74, 6) is 0.873. The molecule has 31 heavy (non-hydrogen) atoms. The van der Waals surface area contributed by atoms with Gasteiger partial charge in [0.1, 0.15) is 0 Å². The molecule has 2 fully saturated rings. The number of methoxy groups -OCH3 is 1. The van der Waals surface area contributed by atoms with Crippen LogP contribution in [0.25, 0.3) is 0 Å². The second-order valence-electron chi connectivity index (χ2n) is 8.85. The quantitative estimate of drug-likeness (QED) is 0.393. The number of rotatable bonds is 7. The van der Waals surface area contributed by atoms with Gasteiger partial charge in [0.15, 0.2) is 5.96 Å². The molecule has 2 N–H and O–H groups in total. The second kappa shape index (κ2) is 11.0. The highest BCUT2D eigenvalue weighted by molar-refractivity contribution is 5.82. The molecule has 0 saturated carbocycles. The Morgan fingerprint density at radius 2 is 2.00 bits per heavy atom. The Labute approximate surface area is 186 Å². The van der Waals surface area contributed by atoms with Crippen molar-refractivity contribution in [2.45, 2.75) is 45.2 Å². The highest BCUT2D eigenvalue weighted by Crippen LogP contribution is 2.27. The number of benzene rings is 1. The van der Waals surface area contributed by atoms with Crippen LogP contribution in [0.4, 0.5) is 0 Å². The van der Waals surface area contributed by atoms with Crippen LogP contribution in [0.5, 0.6) is 0 Å². The Morgan fingerprint density at radius 1 is 1.29 bits per heavy atom. The number of likely N-dealkylation sites (tertiary alicyclic amines) is 1. The largest absolute Gasteiger partial charge is 0.469 e. The van der Waals surface area contributed by atoms with E-state index in [-0.39, 0.29) is 29.4 Å². The van der Waals surface area contributed by atoms with Gasteiger partial charge in [-0.1, -0.05) is 37.3 Å². The predicted octanol–water partition coefficient (Wildman–Crippen LogP) is 2.59. The second-order valence-corrected chi connectivity index (χ2v) is 8.85. The summed E-state index contributed by atoms with van der Waals surface area (Å²) in [5.41, 5.74) is 1.17. The first kappa shape index (κ1) is 23.5. The zero-order valence-electron chi connectivity index (χ0n) is 19.4. The van der Waals surface area contributed by atoms with Crippen molar-refractivity contribution in [3.63, 3.8) is 0 Å². The summed E-state index contributed by atoms with van der Waals surface area (Å²) in [4.78, 5) is 19.4. The van der Waals surface area contributed by atoms with Crippen LogP contribution < -0.4 is 10.6 Å². The van der Waals surface area contributed by atoms with Crippen LogP contribution in [0.2, 0.25) is 0 Å². The van der Waals surface area contributed by atoms with Crippen molar-refractivity contribution in [1.82, 2.24) is 15.5 Å². The minimum Gasteiger partial charge on any atom is -0.469 e. The van der Waals surface area contributed by atoms with E-state index in [1.807, 2.05) is 6.07 Å². The van der Waals surface area contributed by atoms with Gasteiger partial charge in [-0.05, 0) is 38.2 Å². The van der Waals surface area contributed by atoms with Crippen molar-refractivity contribution in [2.24, 2.45) is 16.8 Å². The van der Waals surface area contributed by atoms with Crippen LogP contribution in [-0.2, 0) is 14.3 Å². The van der Waals surface area contributed by atoms with Gasteiger partial charge in [0.25, 0.3) is 0 Å². The summed E-state index contributed by atoms with van der Waals surface area (Å²) in [5, 5.41) is 7.30. The number of hydrogen-bond acceptors (Lipinski definition) is 5. The van der Waals surface area contributed by atoms with Gasteiger partial charge in [-0.25, -0.2) is 0 Å². The first-order chi connectivity index (χ1) is 15.0. The van der Waals surface area contributed by atoms with Crippen molar-refractivity contribution >= 4 is 11.9 Å². The molecule has 3 rings (SSSR count). The summed E-state index contributed by atoms with van der Waals surface area (Å²) in [7, 11) is 1.46. The van der Waals surface area contributed by atoms with Crippen molar-refractivity contribution < 1.29 is 14.3 Å². The number of ether oxygens (including phenoxy) is 2. The lowest BCUT2D eigenvalue weighted by atomic mass is 9.88. The zero-order chi connectivity index (χ0) is 22.3. The van der Waals surface area contributed by atoms with Gasteiger partial charge in [-0.15, -0.1) is 0 Å². The molecule has 2 saturated heterocycles. The Bertz CT molecular complexity index is 734. The van der Waals surface area contributed by atoms with Crippen LogP contribution >= 0.6 is 0 Å². The third kappa shape index (κ3) is 5.98. The van der Waals surface area contributed by atoms with Gasteiger partial charge < -0.3 is 25.0 Å². The molecule has 3 unspecified atom stereocenters. The summed E-state index contributed by atoms with van der Waals surface area (Å²) in [6, 6.07) is 10.8. The molecule has 2 heterocycles. The summed E-state index contributed by atoms with van der Waals surface area (Å²) < 4.78 is 10.7. The summed E-state index contributed by atoms with van der Waals surface area (Å²) >= 11 is 0. The van der Waals surface area contributed by atoms with E-state index in [1.54, 1.807) is 0 Å². The van der Waals surface area contributed by atoms with E-state index in [0.717, 1.165) is 45.1 Å². The highest BCUT2D eigenvalue weighted by atomic mass is 16.5. The van der Waals surface area contributed by atoms with E-state index < -0.39 is 0 Å². The van der Waals surface area contributed by atoms with Crippen molar-refractivity contribution in [1.29, 1.82) is 0 Å². The van der Waals surface area contributed by atoms with Crippen molar-refractivity contribution in [2.75, 3.05) is 46.5 Å².